The molecule has 86 valence electrons. The van der Waals surface area contributed by atoms with Gasteiger partial charge in [0.05, 0.1) is 5.02 Å². The summed E-state index contributed by atoms with van der Waals surface area (Å²) in [6, 6.07) is 13.7. The summed E-state index contributed by atoms with van der Waals surface area (Å²) in [6.45, 7) is 3.57. The number of carbonyl (C=O) groups is 1. The molecule has 2 heteroatoms. The van der Waals surface area contributed by atoms with Crippen molar-refractivity contribution in [3.8, 4) is 11.1 Å². The first-order valence-corrected chi connectivity index (χ1v) is 5.83. The first-order valence-electron chi connectivity index (χ1n) is 5.45. The lowest BCUT2D eigenvalue weighted by Crippen LogP contribution is -1.93. The van der Waals surface area contributed by atoms with Gasteiger partial charge in [-0.1, -0.05) is 47.5 Å². The smallest absolute Gasteiger partial charge is 0.161 e. The van der Waals surface area contributed by atoms with E-state index in [9.17, 15) is 4.79 Å². The van der Waals surface area contributed by atoms with E-state index < -0.39 is 0 Å². The minimum absolute atomic E-state index is 0.00853. The molecule has 0 aromatic heterocycles. The Morgan fingerprint density at radius 3 is 2.35 bits per heavy atom. The number of ketones is 1. The summed E-state index contributed by atoms with van der Waals surface area (Å²) >= 11 is 6.09. The Morgan fingerprint density at radius 2 is 1.76 bits per heavy atom. The van der Waals surface area contributed by atoms with Gasteiger partial charge in [-0.2, -0.15) is 0 Å². The Bertz CT molecular complexity index is 573. The van der Waals surface area contributed by atoms with Crippen LogP contribution in [0.4, 0.5) is 0 Å². The van der Waals surface area contributed by atoms with Gasteiger partial charge in [0.2, 0.25) is 0 Å². The molecular weight excluding hydrogens is 232 g/mol. The maximum atomic E-state index is 11.3. The van der Waals surface area contributed by atoms with E-state index in [2.05, 4.69) is 19.1 Å². The van der Waals surface area contributed by atoms with E-state index in [1.807, 2.05) is 24.3 Å². The Balaban J connectivity index is 2.48. The molecule has 0 atom stereocenters. The number of benzene rings is 2. The van der Waals surface area contributed by atoms with Crippen LogP contribution in [-0.4, -0.2) is 5.78 Å². The first-order chi connectivity index (χ1) is 8.08. The second-order valence-corrected chi connectivity index (χ2v) is 4.53. The molecule has 0 bridgehead atoms. The highest BCUT2D eigenvalue weighted by Crippen LogP contribution is 2.26. The number of carbonyl (C=O) groups excluding carboxylic acids is 1. The summed E-state index contributed by atoms with van der Waals surface area (Å²) in [5.74, 6) is -0.00853. The second-order valence-electron chi connectivity index (χ2n) is 4.12. The summed E-state index contributed by atoms with van der Waals surface area (Å²) in [5, 5.41) is 0.511. The van der Waals surface area contributed by atoms with Crippen LogP contribution in [-0.2, 0) is 0 Å². The zero-order valence-electron chi connectivity index (χ0n) is 9.83. The molecule has 0 radical (unpaired) electrons. The number of Topliss-reactive ketones (excluding diaryl/α,β-unsaturated/α-hetero) is 1. The molecule has 0 aliphatic carbocycles. The van der Waals surface area contributed by atoms with E-state index in [1.54, 1.807) is 6.07 Å². The monoisotopic (exact) mass is 244 g/mol. The van der Waals surface area contributed by atoms with Crippen LogP contribution < -0.4 is 0 Å². The summed E-state index contributed by atoms with van der Waals surface area (Å²) in [4.78, 5) is 11.3. The maximum absolute atomic E-state index is 11.3. The number of hydrogen-bond donors (Lipinski definition) is 0. The Labute approximate surface area is 106 Å². The molecule has 1 nitrogen and oxygen atoms in total. The Kier molecular flexibility index (Phi) is 3.30. The Hall–Kier alpha value is -1.60. The summed E-state index contributed by atoms with van der Waals surface area (Å²) < 4.78 is 0. The second kappa shape index (κ2) is 4.72. The van der Waals surface area contributed by atoms with Gasteiger partial charge in [0.25, 0.3) is 0 Å². The van der Waals surface area contributed by atoms with E-state index >= 15 is 0 Å². The largest absolute Gasteiger partial charge is 0.294 e. The van der Waals surface area contributed by atoms with Gasteiger partial charge in [-0.25, -0.2) is 0 Å². The van der Waals surface area contributed by atoms with Crippen LogP contribution in [0.15, 0.2) is 42.5 Å². The highest BCUT2D eigenvalue weighted by molar-refractivity contribution is 6.34. The van der Waals surface area contributed by atoms with Crippen molar-refractivity contribution in [2.24, 2.45) is 0 Å². The van der Waals surface area contributed by atoms with Crippen molar-refractivity contribution >= 4 is 17.4 Å². The molecule has 2 aromatic carbocycles. The molecule has 0 unspecified atom stereocenters. The quantitative estimate of drug-likeness (QED) is 0.710. The van der Waals surface area contributed by atoms with E-state index in [1.165, 1.54) is 12.5 Å². The molecule has 2 aromatic rings. The van der Waals surface area contributed by atoms with Gasteiger partial charge >= 0.3 is 0 Å². The van der Waals surface area contributed by atoms with Crippen molar-refractivity contribution in [3.05, 3.63) is 58.6 Å². The predicted octanol–water partition coefficient (Wildman–Crippen LogP) is 4.52. The van der Waals surface area contributed by atoms with Crippen LogP contribution >= 0.6 is 11.6 Å². The summed E-state index contributed by atoms with van der Waals surface area (Å²) in [7, 11) is 0. The van der Waals surface area contributed by atoms with Crippen molar-refractivity contribution in [1.29, 1.82) is 0 Å². The SMILES string of the molecule is CC(=O)c1ccc(-c2cccc(C)c2)cc1Cl. The van der Waals surface area contributed by atoms with Crippen molar-refractivity contribution in [3.63, 3.8) is 0 Å². The molecule has 0 spiro atoms. The van der Waals surface area contributed by atoms with Gasteiger partial charge in [-0.15, -0.1) is 0 Å². The van der Waals surface area contributed by atoms with Gasteiger partial charge in [-0.05, 0) is 37.1 Å². The lowest BCUT2D eigenvalue weighted by molar-refractivity contribution is 0.101. The third kappa shape index (κ3) is 2.56. The standard InChI is InChI=1S/C15H13ClO/c1-10-4-3-5-12(8-10)13-6-7-14(11(2)17)15(16)9-13/h3-9H,1-2H3. The fourth-order valence-corrected chi connectivity index (χ4v) is 2.12. The number of halogens is 1. The normalized spacial score (nSPS) is 10.3. The van der Waals surface area contributed by atoms with E-state index in [4.69, 9.17) is 11.6 Å². The molecule has 0 amide bonds. The van der Waals surface area contributed by atoms with Gasteiger partial charge in [0.1, 0.15) is 0 Å². The molecule has 0 saturated carbocycles. The molecule has 17 heavy (non-hydrogen) atoms. The summed E-state index contributed by atoms with van der Waals surface area (Å²) in [6.07, 6.45) is 0. The molecule has 0 fully saturated rings. The van der Waals surface area contributed by atoms with E-state index in [0.29, 0.717) is 10.6 Å². The molecule has 2 rings (SSSR count). The average molecular weight is 245 g/mol. The highest BCUT2D eigenvalue weighted by Gasteiger charge is 2.07. The average Bonchev–Trinajstić information content (AvgIpc) is 2.28. The lowest BCUT2D eigenvalue weighted by Gasteiger charge is -2.06. The van der Waals surface area contributed by atoms with Gasteiger partial charge < -0.3 is 0 Å². The first kappa shape index (κ1) is 11.9. The van der Waals surface area contributed by atoms with Crippen LogP contribution in [0.1, 0.15) is 22.8 Å². The number of hydrogen-bond acceptors (Lipinski definition) is 1. The predicted molar refractivity (Wildman–Crippen MR) is 71.6 cm³/mol. The van der Waals surface area contributed by atoms with Crippen molar-refractivity contribution < 1.29 is 4.79 Å². The lowest BCUT2D eigenvalue weighted by atomic mass is 10.0. The number of aryl methyl sites for hydroxylation is 1. The Morgan fingerprint density at radius 1 is 1.06 bits per heavy atom. The molecule has 0 aliphatic heterocycles. The van der Waals surface area contributed by atoms with Crippen LogP contribution in [0, 0.1) is 6.92 Å². The summed E-state index contributed by atoms with van der Waals surface area (Å²) in [5.41, 5.74) is 3.92. The van der Waals surface area contributed by atoms with Crippen LogP contribution in [0.2, 0.25) is 5.02 Å². The van der Waals surface area contributed by atoms with Gasteiger partial charge in [0, 0.05) is 5.56 Å². The van der Waals surface area contributed by atoms with Crippen LogP contribution in [0.5, 0.6) is 0 Å². The zero-order chi connectivity index (χ0) is 12.4. The fraction of sp³-hybridized carbons (Fsp3) is 0.133. The topological polar surface area (TPSA) is 17.1 Å². The van der Waals surface area contributed by atoms with Crippen molar-refractivity contribution in [1.82, 2.24) is 0 Å². The van der Waals surface area contributed by atoms with Crippen molar-refractivity contribution in [2.45, 2.75) is 13.8 Å². The molecule has 0 N–H and O–H groups in total. The third-order valence-corrected chi connectivity index (χ3v) is 3.01. The highest BCUT2D eigenvalue weighted by atomic mass is 35.5. The van der Waals surface area contributed by atoms with Crippen LogP contribution in [0.25, 0.3) is 11.1 Å². The number of rotatable bonds is 2. The van der Waals surface area contributed by atoms with Crippen molar-refractivity contribution in [2.75, 3.05) is 0 Å². The minimum atomic E-state index is -0.00853. The zero-order valence-corrected chi connectivity index (χ0v) is 10.6. The van der Waals surface area contributed by atoms with Gasteiger partial charge in [-0.3, -0.25) is 4.79 Å². The minimum Gasteiger partial charge on any atom is -0.294 e. The van der Waals surface area contributed by atoms with Crippen LogP contribution in [0.3, 0.4) is 0 Å². The molecule has 0 heterocycles. The molecule has 0 saturated heterocycles. The third-order valence-electron chi connectivity index (χ3n) is 2.70. The van der Waals surface area contributed by atoms with E-state index in [0.717, 1.165) is 11.1 Å². The maximum Gasteiger partial charge on any atom is 0.161 e. The van der Waals surface area contributed by atoms with E-state index in [-0.39, 0.29) is 5.78 Å². The van der Waals surface area contributed by atoms with Gasteiger partial charge in [0.15, 0.2) is 5.78 Å². The molecule has 0 aliphatic rings. The molecular formula is C15H13ClO. The fourth-order valence-electron chi connectivity index (χ4n) is 1.80.